The largest absolute Gasteiger partial charge is 0.496 e. The average molecular weight is 306 g/mol. The first-order valence-corrected chi connectivity index (χ1v) is 7.22. The molecule has 0 fully saturated rings. The van der Waals surface area contributed by atoms with Crippen molar-refractivity contribution in [2.24, 2.45) is 0 Å². The van der Waals surface area contributed by atoms with Gasteiger partial charge in [-0.15, -0.1) is 0 Å². The predicted molar refractivity (Wildman–Crippen MR) is 86.7 cm³/mol. The summed E-state index contributed by atoms with van der Waals surface area (Å²) in [4.78, 5) is 0. The number of ether oxygens (including phenoxy) is 2. The van der Waals surface area contributed by atoms with Gasteiger partial charge in [-0.05, 0) is 50.7 Å². The van der Waals surface area contributed by atoms with Crippen LogP contribution in [0.5, 0.6) is 17.2 Å². The molecule has 0 aliphatic heterocycles. The molecule has 0 saturated carbocycles. The Labute approximate surface area is 130 Å². The summed E-state index contributed by atoms with van der Waals surface area (Å²) < 4.78 is 11.5. The zero-order chi connectivity index (χ0) is 15.4. The Morgan fingerprint density at radius 1 is 1.10 bits per heavy atom. The maximum absolute atomic E-state index is 6.21. The normalized spacial score (nSPS) is 12.0. The molecule has 0 bridgehead atoms. The van der Waals surface area contributed by atoms with Gasteiger partial charge in [-0.1, -0.05) is 23.7 Å². The lowest BCUT2D eigenvalue weighted by Crippen LogP contribution is -2.14. The minimum absolute atomic E-state index is 0.0970. The van der Waals surface area contributed by atoms with E-state index in [1.54, 1.807) is 7.11 Å². The van der Waals surface area contributed by atoms with Crippen LogP contribution in [-0.2, 0) is 0 Å². The number of methoxy groups -OCH3 is 1. The highest BCUT2D eigenvalue weighted by Gasteiger charge is 2.17. The van der Waals surface area contributed by atoms with Gasteiger partial charge < -0.3 is 14.8 Å². The van der Waals surface area contributed by atoms with Gasteiger partial charge in [0.05, 0.1) is 17.7 Å². The van der Waals surface area contributed by atoms with Crippen molar-refractivity contribution >= 4 is 11.6 Å². The quantitative estimate of drug-likeness (QED) is 0.866. The van der Waals surface area contributed by atoms with Gasteiger partial charge in [0.25, 0.3) is 0 Å². The molecule has 1 unspecified atom stereocenters. The number of halogens is 1. The van der Waals surface area contributed by atoms with Gasteiger partial charge >= 0.3 is 0 Å². The molecule has 0 aromatic heterocycles. The van der Waals surface area contributed by atoms with Crippen molar-refractivity contribution in [1.29, 1.82) is 0 Å². The lowest BCUT2D eigenvalue weighted by atomic mass is 10.1. The maximum Gasteiger partial charge on any atom is 0.146 e. The first-order valence-electron chi connectivity index (χ1n) is 6.85. The molecule has 3 nitrogen and oxygen atoms in total. The third-order valence-corrected chi connectivity index (χ3v) is 3.73. The Bertz CT molecular complexity index is 628. The number of hydrogen-bond donors (Lipinski definition) is 1. The minimum Gasteiger partial charge on any atom is -0.496 e. The fourth-order valence-corrected chi connectivity index (χ4v) is 2.33. The SMILES string of the molecule is CNC(C)c1c(OC)cccc1Oc1cc(C)ccc1Cl. The Hall–Kier alpha value is -1.71. The van der Waals surface area contributed by atoms with Gasteiger partial charge in [0, 0.05) is 6.04 Å². The molecule has 0 aliphatic carbocycles. The summed E-state index contributed by atoms with van der Waals surface area (Å²) >= 11 is 6.21. The van der Waals surface area contributed by atoms with Crippen LogP contribution in [0.2, 0.25) is 5.02 Å². The van der Waals surface area contributed by atoms with E-state index in [1.807, 2.05) is 50.4 Å². The Morgan fingerprint density at radius 2 is 1.81 bits per heavy atom. The number of rotatable bonds is 5. The summed E-state index contributed by atoms with van der Waals surface area (Å²) in [5.41, 5.74) is 2.07. The summed E-state index contributed by atoms with van der Waals surface area (Å²) in [5, 5.41) is 3.80. The van der Waals surface area contributed by atoms with Crippen molar-refractivity contribution in [1.82, 2.24) is 5.32 Å². The molecule has 2 rings (SSSR count). The molecule has 2 aromatic carbocycles. The number of nitrogens with one attached hydrogen (secondary N) is 1. The highest BCUT2D eigenvalue weighted by molar-refractivity contribution is 6.32. The summed E-state index contributed by atoms with van der Waals surface area (Å²) in [7, 11) is 3.56. The third kappa shape index (κ3) is 3.49. The number of hydrogen-bond acceptors (Lipinski definition) is 3. The van der Waals surface area contributed by atoms with Crippen LogP contribution < -0.4 is 14.8 Å². The van der Waals surface area contributed by atoms with Crippen LogP contribution >= 0.6 is 11.6 Å². The molecule has 1 N–H and O–H groups in total. The average Bonchev–Trinajstić information content (AvgIpc) is 2.49. The molecule has 21 heavy (non-hydrogen) atoms. The second-order valence-electron chi connectivity index (χ2n) is 4.92. The molecule has 0 heterocycles. The van der Waals surface area contributed by atoms with Crippen molar-refractivity contribution in [2.45, 2.75) is 19.9 Å². The summed E-state index contributed by atoms with van der Waals surface area (Å²) in [6, 6.07) is 11.6. The van der Waals surface area contributed by atoms with Gasteiger partial charge in [-0.3, -0.25) is 0 Å². The van der Waals surface area contributed by atoms with Gasteiger partial charge in [-0.2, -0.15) is 0 Å². The van der Waals surface area contributed by atoms with Crippen molar-refractivity contribution in [2.75, 3.05) is 14.2 Å². The molecular formula is C17H20ClNO2. The second kappa shape index (κ2) is 6.83. The van der Waals surface area contributed by atoms with Crippen molar-refractivity contribution in [3.8, 4) is 17.2 Å². The van der Waals surface area contributed by atoms with Crippen LogP contribution in [0.25, 0.3) is 0 Å². The third-order valence-electron chi connectivity index (χ3n) is 3.42. The highest BCUT2D eigenvalue weighted by atomic mass is 35.5. The van der Waals surface area contributed by atoms with Gasteiger partial charge in [0.2, 0.25) is 0 Å². The van der Waals surface area contributed by atoms with Crippen LogP contribution in [0, 0.1) is 6.92 Å². The fraction of sp³-hybridized carbons (Fsp3) is 0.294. The van der Waals surface area contributed by atoms with E-state index in [0.717, 1.165) is 22.6 Å². The van der Waals surface area contributed by atoms with Crippen LogP contribution in [-0.4, -0.2) is 14.2 Å². The number of aryl methyl sites for hydroxylation is 1. The monoisotopic (exact) mass is 305 g/mol. The fourth-order valence-electron chi connectivity index (χ4n) is 2.17. The van der Waals surface area contributed by atoms with Gasteiger partial charge in [0.15, 0.2) is 0 Å². The van der Waals surface area contributed by atoms with E-state index in [2.05, 4.69) is 12.2 Å². The molecule has 0 aliphatic rings. The van der Waals surface area contributed by atoms with E-state index < -0.39 is 0 Å². The Kier molecular flexibility index (Phi) is 5.10. The molecular weight excluding hydrogens is 286 g/mol. The molecule has 2 aromatic rings. The molecule has 112 valence electrons. The van der Waals surface area contributed by atoms with E-state index in [1.165, 1.54) is 0 Å². The summed E-state index contributed by atoms with van der Waals surface area (Å²) in [6.45, 7) is 4.06. The standard InChI is InChI=1S/C17H20ClNO2/c1-11-8-9-13(18)16(10-11)21-15-7-5-6-14(20-4)17(15)12(2)19-3/h5-10,12,19H,1-4H3. The van der Waals surface area contributed by atoms with E-state index in [9.17, 15) is 0 Å². The van der Waals surface area contributed by atoms with Crippen molar-refractivity contribution < 1.29 is 9.47 Å². The van der Waals surface area contributed by atoms with Gasteiger partial charge in [0.1, 0.15) is 17.2 Å². The van der Waals surface area contributed by atoms with Crippen LogP contribution in [0.3, 0.4) is 0 Å². The van der Waals surface area contributed by atoms with Crippen molar-refractivity contribution in [3.63, 3.8) is 0 Å². The van der Waals surface area contributed by atoms with Crippen LogP contribution in [0.1, 0.15) is 24.1 Å². The van der Waals surface area contributed by atoms with E-state index in [4.69, 9.17) is 21.1 Å². The summed E-state index contributed by atoms with van der Waals surface area (Å²) in [5.74, 6) is 2.18. The Morgan fingerprint density at radius 3 is 2.48 bits per heavy atom. The molecule has 0 spiro atoms. The molecule has 0 amide bonds. The van der Waals surface area contributed by atoms with Crippen LogP contribution in [0.15, 0.2) is 36.4 Å². The predicted octanol–water partition coefficient (Wildman–Crippen LogP) is 4.73. The highest BCUT2D eigenvalue weighted by Crippen LogP contribution is 2.38. The molecule has 1 atom stereocenters. The smallest absolute Gasteiger partial charge is 0.146 e. The van der Waals surface area contributed by atoms with Crippen molar-refractivity contribution in [3.05, 3.63) is 52.5 Å². The minimum atomic E-state index is 0.0970. The Balaban J connectivity index is 2.46. The maximum atomic E-state index is 6.21. The molecule has 0 saturated heterocycles. The molecule has 4 heteroatoms. The van der Waals surface area contributed by atoms with E-state index in [-0.39, 0.29) is 6.04 Å². The van der Waals surface area contributed by atoms with Gasteiger partial charge in [-0.25, -0.2) is 0 Å². The zero-order valence-corrected chi connectivity index (χ0v) is 13.5. The first-order chi connectivity index (χ1) is 10.1. The van der Waals surface area contributed by atoms with Crippen LogP contribution in [0.4, 0.5) is 0 Å². The second-order valence-corrected chi connectivity index (χ2v) is 5.33. The topological polar surface area (TPSA) is 30.5 Å². The number of benzene rings is 2. The lowest BCUT2D eigenvalue weighted by molar-refractivity contribution is 0.393. The van der Waals surface area contributed by atoms with E-state index in [0.29, 0.717) is 10.8 Å². The lowest BCUT2D eigenvalue weighted by Gasteiger charge is -2.20. The zero-order valence-electron chi connectivity index (χ0n) is 12.7. The van der Waals surface area contributed by atoms with E-state index >= 15 is 0 Å². The first kappa shape index (κ1) is 15.7. The summed E-state index contributed by atoms with van der Waals surface area (Å²) in [6.07, 6.45) is 0. The molecule has 0 radical (unpaired) electrons.